The van der Waals surface area contributed by atoms with Gasteiger partial charge >= 0.3 is 0 Å². The number of hydrogen-bond acceptors (Lipinski definition) is 5. The number of unbranched alkanes of at least 4 members (excludes halogenated alkanes) is 2. The molecule has 1 N–H and O–H groups in total. The number of benzene rings is 2. The van der Waals surface area contributed by atoms with E-state index in [0.717, 1.165) is 45.9 Å². The van der Waals surface area contributed by atoms with Crippen LogP contribution in [0.5, 0.6) is 23.0 Å². The Hall–Kier alpha value is -1.92. The summed E-state index contributed by atoms with van der Waals surface area (Å²) in [5, 5.41) is 3.48. The third-order valence-electron chi connectivity index (χ3n) is 4.57. The van der Waals surface area contributed by atoms with Crippen LogP contribution >= 0.6 is 15.9 Å². The van der Waals surface area contributed by atoms with E-state index in [1.807, 2.05) is 24.3 Å². The molecule has 28 heavy (non-hydrogen) atoms. The van der Waals surface area contributed by atoms with Crippen molar-refractivity contribution < 1.29 is 18.9 Å². The maximum Gasteiger partial charge on any atom is 0.175 e. The second-order valence-electron chi connectivity index (χ2n) is 6.76. The van der Waals surface area contributed by atoms with E-state index in [1.165, 1.54) is 19.3 Å². The average molecular weight is 450 g/mol. The van der Waals surface area contributed by atoms with Gasteiger partial charge in [-0.05, 0) is 64.3 Å². The summed E-state index contributed by atoms with van der Waals surface area (Å²) in [5.41, 5.74) is 2.17. The number of fused-ring (bicyclic) bond motifs is 1. The first-order valence-electron chi connectivity index (χ1n) is 9.79. The molecule has 0 amide bonds. The number of ether oxygens (including phenoxy) is 4. The molecule has 2 aromatic rings. The van der Waals surface area contributed by atoms with E-state index in [0.29, 0.717) is 25.6 Å². The van der Waals surface area contributed by atoms with E-state index in [-0.39, 0.29) is 0 Å². The molecule has 0 aromatic heterocycles. The maximum atomic E-state index is 6.06. The van der Waals surface area contributed by atoms with E-state index in [1.54, 1.807) is 7.11 Å². The van der Waals surface area contributed by atoms with Crippen molar-refractivity contribution in [2.45, 2.75) is 39.3 Å². The Labute approximate surface area is 175 Å². The van der Waals surface area contributed by atoms with Gasteiger partial charge in [-0.1, -0.05) is 25.8 Å². The van der Waals surface area contributed by atoms with Gasteiger partial charge in [0.15, 0.2) is 23.0 Å². The van der Waals surface area contributed by atoms with Crippen molar-refractivity contribution in [2.24, 2.45) is 0 Å². The van der Waals surface area contributed by atoms with E-state index in [4.69, 9.17) is 18.9 Å². The highest BCUT2D eigenvalue weighted by Crippen LogP contribution is 2.38. The van der Waals surface area contributed by atoms with Gasteiger partial charge in [0, 0.05) is 6.54 Å². The van der Waals surface area contributed by atoms with Crippen LogP contribution in [-0.4, -0.2) is 26.9 Å². The summed E-state index contributed by atoms with van der Waals surface area (Å²) >= 11 is 3.63. The first kappa shape index (κ1) is 20.8. The fourth-order valence-electron chi connectivity index (χ4n) is 3.08. The molecule has 0 fully saturated rings. The second kappa shape index (κ2) is 10.6. The number of hydrogen-bond donors (Lipinski definition) is 1. The molecule has 0 unspecified atom stereocenters. The van der Waals surface area contributed by atoms with Crippen LogP contribution in [0.1, 0.15) is 37.3 Å². The Morgan fingerprint density at radius 3 is 2.64 bits per heavy atom. The lowest BCUT2D eigenvalue weighted by Crippen LogP contribution is -2.15. The third-order valence-corrected chi connectivity index (χ3v) is 5.15. The smallest absolute Gasteiger partial charge is 0.175 e. The van der Waals surface area contributed by atoms with E-state index in [9.17, 15) is 0 Å². The molecule has 0 bridgehead atoms. The molecule has 0 spiro atoms. The summed E-state index contributed by atoms with van der Waals surface area (Å²) in [7, 11) is 1.66. The Morgan fingerprint density at radius 1 is 1.04 bits per heavy atom. The first-order valence-corrected chi connectivity index (χ1v) is 10.6. The molecule has 0 radical (unpaired) electrons. The summed E-state index contributed by atoms with van der Waals surface area (Å²) < 4.78 is 23.7. The SMILES string of the molecule is CCCCCNCc1cc(Br)c(OCc2ccc3c(c2)OCCO3)c(OC)c1. The fraction of sp³-hybridized carbons (Fsp3) is 0.455. The third kappa shape index (κ3) is 5.55. The van der Waals surface area contributed by atoms with Crippen LogP contribution in [0.2, 0.25) is 0 Å². The van der Waals surface area contributed by atoms with Gasteiger partial charge in [-0.2, -0.15) is 0 Å². The highest BCUT2D eigenvalue weighted by molar-refractivity contribution is 9.10. The molecule has 6 heteroatoms. The van der Waals surface area contributed by atoms with Crippen LogP contribution in [0.4, 0.5) is 0 Å². The lowest BCUT2D eigenvalue weighted by molar-refractivity contribution is 0.171. The van der Waals surface area contributed by atoms with Crippen molar-refractivity contribution in [2.75, 3.05) is 26.9 Å². The monoisotopic (exact) mass is 449 g/mol. The van der Waals surface area contributed by atoms with Gasteiger partial charge in [0.25, 0.3) is 0 Å². The summed E-state index contributed by atoms with van der Waals surface area (Å²) in [6.45, 7) is 5.63. The lowest BCUT2D eigenvalue weighted by Gasteiger charge is -2.19. The minimum atomic E-state index is 0.417. The highest BCUT2D eigenvalue weighted by atomic mass is 79.9. The fourth-order valence-corrected chi connectivity index (χ4v) is 3.69. The van der Waals surface area contributed by atoms with Crippen LogP contribution in [0.15, 0.2) is 34.8 Å². The summed E-state index contributed by atoms with van der Waals surface area (Å²) in [4.78, 5) is 0. The van der Waals surface area contributed by atoms with Gasteiger partial charge in [0.1, 0.15) is 19.8 Å². The van der Waals surface area contributed by atoms with E-state index in [2.05, 4.69) is 34.2 Å². The molecule has 0 atom stereocenters. The highest BCUT2D eigenvalue weighted by Gasteiger charge is 2.14. The van der Waals surface area contributed by atoms with Crippen LogP contribution in [0.3, 0.4) is 0 Å². The molecular weight excluding hydrogens is 422 g/mol. The van der Waals surface area contributed by atoms with Crippen LogP contribution in [0, 0.1) is 0 Å². The largest absolute Gasteiger partial charge is 0.493 e. The van der Waals surface area contributed by atoms with Gasteiger partial charge < -0.3 is 24.3 Å². The number of nitrogens with one attached hydrogen (secondary N) is 1. The van der Waals surface area contributed by atoms with Gasteiger partial charge in [-0.3, -0.25) is 0 Å². The van der Waals surface area contributed by atoms with Crippen molar-refractivity contribution in [1.29, 1.82) is 0 Å². The van der Waals surface area contributed by atoms with Crippen LogP contribution in [0.25, 0.3) is 0 Å². The molecule has 2 aromatic carbocycles. The Bertz CT molecular complexity index is 781. The van der Waals surface area contributed by atoms with Crippen LogP contribution < -0.4 is 24.3 Å². The minimum Gasteiger partial charge on any atom is -0.493 e. The van der Waals surface area contributed by atoms with Crippen molar-refractivity contribution >= 4 is 15.9 Å². The molecule has 0 saturated carbocycles. The molecule has 152 valence electrons. The van der Waals surface area contributed by atoms with Gasteiger partial charge in [-0.25, -0.2) is 0 Å². The van der Waals surface area contributed by atoms with Gasteiger partial charge in [0.05, 0.1) is 11.6 Å². The van der Waals surface area contributed by atoms with Crippen molar-refractivity contribution in [3.05, 3.63) is 45.9 Å². The quantitative estimate of drug-likeness (QED) is 0.512. The molecule has 0 aliphatic carbocycles. The second-order valence-corrected chi connectivity index (χ2v) is 7.61. The predicted molar refractivity (Wildman–Crippen MR) is 114 cm³/mol. The summed E-state index contributed by atoms with van der Waals surface area (Å²) in [6, 6.07) is 9.98. The minimum absolute atomic E-state index is 0.417. The van der Waals surface area contributed by atoms with Gasteiger partial charge in [0.2, 0.25) is 0 Å². The number of methoxy groups -OCH3 is 1. The Balaban J connectivity index is 1.63. The van der Waals surface area contributed by atoms with E-state index >= 15 is 0 Å². The Kier molecular flexibility index (Phi) is 7.86. The number of rotatable bonds is 10. The zero-order valence-corrected chi connectivity index (χ0v) is 18.1. The first-order chi connectivity index (χ1) is 13.7. The molecule has 1 heterocycles. The molecule has 3 rings (SSSR count). The zero-order valence-electron chi connectivity index (χ0n) is 16.6. The Morgan fingerprint density at radius 2 is 1.86 bits per heavy atom. The molecular formula is C22H28BrNO4. The average Bonchev–Trinajstić information content (AvgIpc) is 2.72. The van der Waals surface area contributed by atoms with Crippen molar-refractivity contribution in [1.82, 2.24) is 5.32 Å². The zero-order chi connectivity index (χ0) is 19.8. The number of halogens is 1. The van der Waals surface area contributed by atoms with Gasteiger partial charge in [-0.15, -0.1) is 0 Å². The van der Waals surface area contributed by atoms with Crippen molar-refractivity contribution in [3.63, 3.8) is 0 Å². The van der Waals surface area contributed by atoms with Crippen molar-refractivity contribution in [3.8, 4) is 23.0 Å². The topological polar surface area (TPSA) is 49.0 Å². The maximum absolute atomic E-state index is 6.06. The predicted octanol–water partition coefficient (Wildman–Crippen LogP) is 5.09. The lowest BCUT2D eigenvalue weighted by atomic mass is 10.2. The summed E-state index contributed by atoms with van der Waals surface area (Å²) in [5.74, 6) is 2.97. The molecule has 1 aliphatic rings. The molecule has 0 saturated heterocycles. The summed E-state index contributed by atoms with van der Waals surface area (Å²) in [6.07, 6.45) is 3.69. The van der Waals surface area contributed by atoms with Crippen LogP contribution in [-0.2, 0) is 13.2 Å². The van der Waals surface area contributed by atoms with E-state index < -0.39 is 0 Å². The standard InChI is InChI=1S/C22H28BrNO4/c1-3-4-5-8-24-14-17-11-18(23)22(21(13-17)25-2)28-15-16-6-7-19-20(12-16)27-10-9-26-19/h6-7,11-13,24H,3-5,8-10,14-15H2,1-2H3. The molecule has 1 aliphatic heterocycles. The molecule has 5 nitrogen and oxygen atoms in total. The normalized spacial score (nSPS) is 12.7.